The molecule has 4 nitrogen and oxygen atoms in total. The molecule has 1 fully saturated rings. The second-order valence-electron chi connectivity index (χ2n) is 4.84. The van der Waals surface area contributed by atoms with Gasteiger partial charge in [0.2, 0.25) is 11.8 Å². The van der Waals surface area contributed by atoms with E-state index in [0.29, 0.717) is 24.8 Å². The van der Waals surface area contributed by atoms with Crippen LogP contribution in [0.2, 0.25) is 0 Å². The number of rotatable bonds is 3. The highest BCUT2D eigenvalue weighted by Gasteiger charge is 2.35. The van der Waals surface area contributed by atoms with E-state index in [1.807, 2.05) is 0 Å². The van der Waals surface area contributed by atoms with Crippen LogP contribution in [0.3, 0.4) is 0 Å². The Morgan fingerprint density at radius 2 is 2.16 bits per heavy atom. The summed E-state index contributed by atoms with van der Waals surface area (Å²) in [6, 6.07) is 3.40. The Bertz CT molecular complexity index is 455. The van der Waals surface area contributed by atoms with Crippen LogP contribution in [0.5, 0.6) is 5.88 Å². The summed E-state index contributed by atoms with van der Waals surface area (Å²) in [6.45, 7) is 0. The van der Waals surface area contributed by atoms with Crippen molar-refractivity contribution < 1.29 is 23.4 Å². The molecular weight excluding hydrogens is 256 g/mol. The molecule has 0 aliphatic heterocycles. The average molecular weight is 271 g/mol. The van der Waals surface area contributed by atoms with E-state index in [4.69, 9.17) is 5.11 Å². The van der Waals surface area contributed by atoms with Gasteiger partial charge in [0, 0.05) is 24.6 Å². The smallest absolute Gasteiger partial charge is 0.449 e. The standard InChI is InChI=1S/C13H15F2NO3/c14-13(15)5-3-9(4-6-13)8-10-2-1-7-16-11(10)19-12(17)18/h1-2,7,9H,3-6,8H2,(H,17,18). The number of hydrogen-bond donors (Lipinski definition) is 1. The Kier molecular flexibility index (Phi) is 3.97. The van der Waals surface area contributed by atoms with E-state index in [1.54, 1.807) is 12.1 Å². The van der Waals surface area contributed by atoms with Crippen LogP contribution >= 0.6 is 0 Å². The maximum Gasteiger partial charge on any atom is 0.512 e. The minimum absolute atomic E-state index is 0.0485. The molecule has 104 valence electrons. The molecule has 0 saturated heterocycles. The van der Waals surface area contributed by atoms with Crippen molar-refractivity contribution in [2.75, 3.05) is 0 Å². The van der Waals surface area contributed by atoms with Crippen LogP contribution in [-0.4, -0.2) is 22.2 Å². The van der Waals surface area contributed by atoms with Gasteiger partial charge in [-0.3, -0.25) is 0 Å². The van der Waals surface area contributed by atoms with Crippen LogP contribution in [-0.2, 0) is 6.42 Å². The Labute approximate surface area is 109 Å². The Morgan fingerprint density at radius 1 is 1.47 bits per heavy atom. The Balaban J connectivity index is 2.01. The molecule has 0 atom stereocenters. The number of nitrogens with zero attached hydrogens (tertiary/aromatic N) is 1. The second-order valence-corrected chi connectivity index (χ2v) is 4.84. The van der Waals surface area contributed by atoms with Crippen molar-refractivity contribution >= 4 is 6.16 Å². The van der Waals surface area contributed by atoms with Crippen LogP contribution in [0.1, 0.15) is 31.2 Å². The van der Waals surface area contributed by atoms with E-state index in [9.17, 15) is 13.6 Å². The number of ether oxygens (including phenoxy) is 1. The third kappa shape index (κ3) is 3.87. The zero-order valence-electron chi connectivity index (χ0n) is 10.3. The molecule has 0 spiro atoms. The average Bonchev–Trinajstić information content (AvgIpc) is 2.33. The van der Waals surface area contributed by atoms with E-state index in [-0.39, 0.29) is 24.6 Å². The number of hydrogen-bond acceptors (Lipinski definition) is 3. The van der Waals surface area contributed by atoms with E-state index < -0.39 is 12.1 Å². The highest BCUT2D eigenvalue weighted by molar-refractivity contribution is 5.60. The molecule has 6 heteroatoms. The number of alkyl halides is 2. The van der Waals surface area contributed by atoms with Gasteiger partial charge in [0.05, 0.1) is 0 Å². The lowest BCUT2D eigenvalue weighted by Gasteiger charge is -2.28. The normalized spacial score (nSPS) is 19.1. The van der Waals surface area contributed by atoms with Crippen molar-refractivity contribution in [2.24, 2.45) is 5.92 Å². The second kappa shape index (κ2) is 5.50. The molecule has 2 rings (SSSR count). The van der Waals surface area contributed by atoms with Crippen LogP contribution in [0, 0.1) is 5.92 Å². The predicted octanol–water partition coefficient (Wildman–Crippen LogP) is 3.51. The fourth-order valence-electron chi connectivity index (χ4n) is 2.37. The van der Waals surface area contributed by atoms with Gasteiger partial charge >= 0.3 is 6.16 Å². The summed E-state index contributed by atoms with van der Waals surface area (Å²) in [6.07, 6.45) is 1.21. The molecule has 0 aromatic carbocycles. The zero-order chi connectivity index (χ0) is 13.9. The first-order valence-electron chi connectivity index (χ1n) is 6.19. The molecule has 1 heterocycles. The van der Waals surface area contributed by atoms with Crippen LogP contribution in [0.4, 0.5) is 13.6 Å². The molecule has 1 N–H and O–H groups in total. The first kappa shape index (κ1) is 13.7. The molecule has 1 saturated carbocycles. The fourth-order valence-corrected chi connectivity index (χ4v) is 2.37. The summed E-state index contributed by atoms with van der Waals surface area (Å²) in [5.41, 5.74) is 0.653. The lowest BCUT2D eigenvalue weighted by molar-refractivity contribution is -0.0456. The van der Waals surface area contributed by atoms with Gasteiger partial charge in [0.25, 0.3) is 0 Å². The van der Waals surface area contributed by atoms with Crippen molar-refractivity contribution in [3.8, 4) is 5.88 Å². The lowest BCUT2D eigenvalue weighted by atomic mass is 9.83. The largest absolute Gasteiger partial charge is 0.512 e. The molecule has 0 bridgehead atoms. The van der Waals surface area contributed by atoms with Crippen molar-refractivity contribution in [3.63, 3.8) is 0 Å². The van der Waals surface area contributed by atoms with E-state index >= 15 is 0 Å². The topological polar surface area (TPSA) is 59.4 Å². The molecule has 1 aromatic heterocycles. The van der Waals surface area contributed by atoms with Gasteiger partial charge in [-0.2, -0.15) is 0 Å². The molecule has 1 aliphatic carbocycles. The summed E-state index contributed by atoms with van der Waals surface area (Å²) < 4.78 is 30.7. The van der Waals surface area contributed by atoms with Gasteiger partial charge < -0.3 is 9.84 Å². The molecule has 0 amide bonds. The van der Waals surface area contributed by atoms with Crippen LogP contribution in [0.15, 0.2) is 18.3 Å². The van der Waals surface area contributed by atoms with E-state index in [1.165, 1.54) is 6.20 Å². The summed E-state index contributed by atoms with van der Waals surface area (Å²) in [4.78, 5) is 14.4. The maximum atomic E-state index is 13.1. The minimum Gasteiger partial charge on any atom is -0.449 e. The van der Waals surface area contributed by atoms with Crippen LogP contribution < -0.4 is 4.74 Å². The number of halogens is 2. The van der Waals surface area contributed by atoms with Gasteiger partial charge in [-0.25, -0.2) is 18.6 Å². The van der Waals surface area contributed by atoms with Gasteiger partial charge in [-0.1, -0.05) is 6.07 Å². The number of carbonyl (C=O) groups is 1. The van der Waals surface area contributed by atoms with Gasteiger partial charge in [-0.15, -0.1) is 0 Å². The monoisotopic (exact) mass is 271 g/mol. The quantitative estimate of drug-likeness (QED) is 0.855. The number of aromatic nitrogens is 1. The van der Waals surface area contributed by atoms with Crippen molar-refractivity contribution in [1.82, 2.24) is 4.98 Å². The molecule has 19 heavy (non-hydrogen) atoms. The minimum atomic E-state index is -2.55. The third-order valence-electron chi connectivity index (χ3n) is 3.38. The van der Waals surface area contributed by atoms with E-state index in [2.05, 4.69) is 9.72 Å². The lowest BCUT2D eigenvalue weighted by Crippen LogP contribution is -2.25. The highest BCUT2D eigenvalue weighted by Crippen LogP contribution is 2.38. The molecular formula is C13H15F2NO3. The third-order valence-corrected chi connectivity index (χ3v) is 3.38. The van der Waals surface area contributed by atoms with Crippen LogP contribution in [0.25, 0.3) is 0 Å². The summed E-state index contributed by atoms with van der Waals surface area (Å²) in [7, 11) is 0. The Morgan fingerprint density at radius 3 is 2.79 bits per heavy atom. The van der Waals surface area contributed by atoms with Crippen molar-refractivity contribution in [1.29, 1.82) is 0 Å². The summed E-state index contributed by atoms with van der Waals surface area (Å²) in [5, 5.41) is 8.60. The molecule has 0 radical (unpaired) electrons. The van der Waals surface area contributed by atoms with Gasteiger partial charge in [0.15, 0.2) is 0 Å². The summed E-state index contributed by atoms with van der Waals surface area (Å²) >= 11 is 0. The SMILES string of the molecule is O=C(O)Oc1ncccc1CC1CCC(F)(F)CC1. The highest BCUT2D eigenvalue weighted by atomic mass is 19.3. The first-order valence-corrected chi connectivity index (χ1v) is 6.19. The number of pyridine rings is 1. The number of carboxylic acid groups (broad SMARTS) is 1. The maximum absolute atomic E-state index is 13.1. The molecule has 0 unspecified atom stereocenters. The van der Waals surface area contributed by atoms with Gasteiger partial charge in [0.1, 0.15) is 0 Å². The zero-order valence-corrected chi connectivity index (χ0v) is 10.3. The predicted molar refractivity (Wildman–Crippen MR) is 63.5 cm³/mol. The van der Waals surface area contributed by atoms with Crippen molar-refractivity contribution in [3.05, 3.63) is 23.9 Å². The Hall–Kier alpha value is -1.72. The van der Waals surface area contributed by atoms with Gasteiger partial charge in [-0.05, 0) is 31.2 Å². The molecule has 1 aromatic rings. The summed E-state index contributed by atoms with van der Waals surface area (Å²) in [5.74, 6) is -2.38. The fraction of sp³-hybridized carbons (Fsp3) is 0.538. The molecule has 1 aliphatic rings. The van der Waals surface area contributed by atoms with Crippen molar-refractivity contribution in [2.45, 2.75) is 38.0 Å². The van der Waals surface area contributed by atoms with E-state index in [0.717, 1.165) is 0 Å². The first-order chi connectivity index (χ1) is 8.96.